The average molecular weight is 255 g/mol. The number of hydrogen-bond donors (Lipinski definition) is 1. The molecule has 1 amide bonds. The van der Waals surface area contributed by atoms with Crippen LogP contribution in [0.2, 0.25) is 0 Å². The Kier molecular flexibility index (Phi) is 4.62. The van der Waals surface area contributed by atoms with Crippen LogP contribution in [-0.2, 0) is 9.53 Å². The molecular weight excluding hydrogens is 230 g/mol. The lowest BCUT2D eigenvalue weighted by Crippen LogP contribution is -2.45. The van der Waals surface area contributed by atoms with Gasteiger partial charge in [-0.1, -0.05) is 19.3 Å². The molecule has 1 heterocycles. The van der Waals surface area contributed by atoms with Gasteiger partial charge in [0.15, 0.2) is 0 Å². The maximum Gasteiger partial charge on any atom is 0.225 e. The Morgan fingerprint density at radius 2 is 1.89 bits per heavy atom. The molecule has 0 unspecified atom stereocenters. The Labute approximate surface area is 109 Å². The molecule has 4 heteroatoms. The Bertz CT molecular complexity index is 279. The quantitative estimate of drug-likeness (QED) is 0.835. The normalized spacial score (nSPS) is 25.1. The summed E-state index contributed by atoms with van der Waals surface area (Å²) in [7, 11) is 1.73. The molecular formula is C14H25NO3. The molecule has 1 saturated heterocycles. The first-order valence-corrected chi connectivity index (χ1v) is 7.16. The van der Waals surface area contributed by atoms with Gasteiger partial charge in [0.05, 0.1) is 18.1 Å². The van der Waals surface area contributed by atoms with Crippen LogP contribution < -0.4 is 0 Å². The summed E-state index contributed by atoms with van der Waals surface area (Å²) in [5, 5.41) is 10.4. The number of carbonyl (C=O) groups is 1. The second-order valence-corrected chi connectivity index (χ2v) is 5.78. The predicted octanol–water partition coefficient (Wildman–Crippen LogP) is 1.71. The first-order chi connectivity index (χ1) is 8.63. The van der Waals surface area contributed by atoms with E-state index in [1.165, 1.54) is 6.42 Å². The van der Waals surface area contributed by atoms with Crippen molar-refractivity contribution in [3.05, 3.63) is 0 Å². The van der Waals surface area contributed by atoms with Crippen molar-refractivity contribution in [3.8, 4) is 0 Å². The van der Waals surface area contributed by atoms with Crippen molar-refractivity contribution in [2.24, 2.45) is 0 Å². The molecule has 0 aromatic rings. The van der Waals surface area contributed by atoms with Gasteiger partial charge in [-0.2, -0.15) is 0 Å². The number of amides is 1. The lowest BCUT2D eigenvalue weighted by molar-refractivity contribution is -0.140. The summed E-state index contributed by atoms with van der Waals surface area (Å²) in [4.78, 5) is 14.1. The molecule has 1 saturated carbocycles. The van der Waals surface area contributed by atoms with E-state index in [0.717, 1.165) is 51.6 Å². The second kappa shape index (κ2) is 6.02. The van der Waals surface area contributed by atoms with Gasteiger partial charge in [0.2, 0.25) is 5.91 Å². The van der Waals surface area contributed by atoms with Crippen LogP contribution in [0.25, 0.3) is 0 Å². The molecule has 104 valence electrons. The van der Waals surface area contributed by atoms with Gasteiger partial charge in [0.25, 0.3) is 0 Å². The number of methoxy groups -OCH3 is 1. The fourth-order valence-electron chi connectivity index (χ4n) is 3.12. The average Bonchev–Trinajstić information content (AvgIpc) is 2.39. The van der Waals surface area contributed by atoms with Crippen molar-refractivity contribution in [2.75, 3.05) is 20.2 Å². The fraction of sp³-hybridized carbons (Fsp3) is 0.929. The SMILES string of the molecule is COC1CCN(C(=O)CC2(O)CCCCC2)CC1. The molecule has 0 aromatic heterocycles. The number of nitrogens with zero attached hydrogens (tertiary/aromatic N) is 1. The van der Waals surface area contributed by atoms with Crippen LogP contribution in [0.5, 0.6) is 0 Å². The Balaban J connectivity index is 1.81. The highest BCUT2D eigenvalue weighted by Gasteiger charge is 2.34. The summed E-state index contributed by atoms with van der Waals surface area (Å²) in [5.41, 5.74) is -0.729. The second-order valence-electron chi connectivity index (χ2n) is 5.78. The van der Waals surface area contributed by atoms with E-state index in [4.69, 9.17) is 4.74 Å². The number of hydrogen-bond acceptors (Lipinski definition) is 3. The first-order valence-electron chi connectivity index (χ1n) is 7.16. The first kappa shape index (κ1) is 13.8. The minimum atomic E-state index is -0.729. The fourth-order valence-corrected chi connectivity index (χ4v) is 3.12. The lowest BCUT2D eigenvalue weighted by Gasteiger charge is -2.36. The van der Waals surface area contributed by atoms with Gasteiger partial charge < -0.3 is 14.7 Å². The molecule has 2 rings (SSSR count). The number of aliphatic hydroxyl groups is 1. The maximum atomic E-state index is 12.2. The molecule has 1 aliphatic heterocycles. The third-order valence-electron chi connectivity index (χ3n) is 4.39. The number of piperidine rings is 1. The molecule has 4 nitrogen and oxygen atoms in total. The van der Waals surface area contributed by atoms with Crippen LogP contribution in [0.4, 0.5) is 0 Å². The molecule has 2 fully saturated rings. The third-order valence-corrected chi connectivity index (χ3v) is 4.39. The van der Waals surface area contributed by atoms with E-state index < -0.39 is 5.60 Å². The monoisotopic (exact) mass is 255 g/mol. The van der Waals surface area contributed by atoms with Crippen molar-refractivity contribution in [2.45, 2.75) is 63.1 Å². The molecule has 0 aromatic carbocycles. The molecule has 0 radical (unpaired) electrons. The standard InChI is InChI=1S/C14H25NO3/c1-18-12-5-9-15(10-6-12)13(16)11-14(17)7-3-2-4-8-14/h12,17H,2-11H2,1H3. The molecule has 0 bridgehead atoms. The van der Waals surface area contributed by atoms with Gasteiger partial charge in [-0.3, -0.25) is 4.79 Å². The molecule has 2 aliphatic rings. The highest BCUT2D eigenvalue weighted by Crippen LogP contribution is 2.31. The van der Waals surface area contributed by atoms with Crippen molar-refractivity contribution < 1.29 is 14.6 Å². The Morgan fingerprint density at radius 3 is 2.44 bits per heavy atom. The van der Waals surface area contributed by atoms with Gasteiger partial charge in [-0.05, 0) is 25.7 Å². The van der Waals surface area contributed by atoms with E-state index >= 15 is 0 Å². The summed E-state index contributed by atoms with van der Waals surface area (Å²) in [6, 6.07) is 0. The highest BCUT2D eigenvalue weighted by atomic mass is 16.5. The zero-order valence-corrected chi connectivity index (χ0v) is 11.4. The Morgan fingerprint density at radius 1 is 1.28 bits per heavy atom. The van der Waals surface area contributed by atoms with Gasteiger partial charge >= 0.3 is 0 Å². The number of likely N-dealkylation sites (tertiary alicyclic amines) is 1. The molecule has 0 spiro atoms. The van der Waals surface area contributed by atoms with Crippen molar-refractivity contribution >= 4 is 5.91 Å². The van der Waals surface area contributed by atoms with Gasteiger partial charge in [0, 0.05) is 20.2 Å². The molecule has 0 atom stereocenters. The zero-order chi connectivity index (χ0) is 13.0. The topological polar surface area (TPSA) is 49.8 Å². The minimum Gasteiger partial charge on any atom is -0.389 e. The zero-order valence-electron chi connectivity index (χ0n) is 11.4. The van der Waals surface area contributed by atoms with Crippen molar-refractivity contribution in [1.29, 1.82) is 0 Å². The van der Waals surface area contributed by atoms with Crippen LogP contribution >= 0.6 is 0 Å². The van der Waals surface area contributed by atoms with Crippen LogP contribution in [-0.4, -0.2) is 47.8 Å². The van der Waals surface area contributed by atoms with E-state index in [-0.39, 0.29) is 5.91 Å². The maximum absolute atomic E-state index is 12.2. The third kappa shape index (κ3) is 3.45. The van der Waals surface area contributed by atoms with E-state index in [1.54, 1.807) is 7.11 Å². The van der Waals surface area contributed by atoms with E-state index in [0.29, 0.717) is 12.5 Å². The summed E-state index contributed by atoms with van der Waals surface area (Å²) < 4.78 is 5.30. The van der Waals surface area contributed by atoms with Crippen LogP contribution in [0, 0.1) is 0 Å². The Hall–Kier alpha value is -0.610. The van der Waals surface area contributed by atoms with Crippen molar-refractivity contribution in [3.63, 3.8) is 0 Å². The number of rotatable bonds is 3. The summed E-state index contributed by atoms with van der Waals surface area (Å²) >= 11 is 0. The number of ether oxygens (including phenoxy) is 1. The molecule has 1 N–H and O–H groups in total. The van der Waals surface area contributed by atoms with E-state index in [9.17, 15) is 9.90 Å². The largest absolute Gasteiger partial charge is 0.389 e. The van der Waals surface area contributed by atoms with Crippen LogP contribution in [0.1, 0.15) is 51.4 Å². The summed E-state index contributed by atoms with van der Waals surface area (Å²) in [6.07, 6.45) is 7.31. The number of carbonyl (C=O) groups excluding carboxylic acids is 1. The van der Waals surface area contributed by atoms with Crippen LogP contribution in [0.15, 0.2) is 0 Å². The van der Waals surface area contributed by atoms with E-state index in [1.807, 2.05) is 4.90 Å². The van der Waals surface area contributed by atoms with Gasteiger partial charge in [0.1, 0.15) is 0 Å². The molecule has 18 heavy (non-hydrogen) atoms. The highest BCUT2D eigenvalue weighted by molar-refractivity contribution is 5.77. The van der Waals surface area contributed by atoms with Crippen LogP contribution in [0.3, 0.4) is 0 Å². The lowest BCUT2D eigenvalue weighted by atomic mass is 9.82. The summed E-state index contributed by atoms with van der Waals surface area (Å²) in [5.74, 6) is 0.119. The van der Waals surface area contributed by atoms with Crippen molar-refractivity contribution in [1.82, 2.24) is 4.90 Å². The predicted molar refractivity (Wildman–Crippen MR) is 69.3 cm³/mol. The van der Waals surface area contributed by atoms with E-state index in [2.05, 4.69) is 0 Å². The molecule has 1 aliphatic carbocycles. The minimum absolute atomic E-state index is 0.119. The summed E-state index contributed by atoms with van der Waals surface area (Å²) in [6.45, 7) is 1.54. The van der Waals surface area contributed by atoms with Gasteiger partial charge in [-0.15, -0.1) is 0 Å². The smallest absolute Gasteiger partial charge is 0.225 e. The van der Waals surface area contributed by atoms with Gasteiger partial charge in [-0.25, -0.2) is 0 Å².